The summed E-state index contributed by atoms with van der Waals surface area (Å²) in [5.41, 5.74) is 0.463. The van der Waals surface area contributed by atoms with Gasteiger partial charge in [0, 0.05) is 5.38 Å². The predicted octanol–water partition coefficient (Wildman–Crippen LogP) is 4.12. The van der Waals surface area contributed by atoms with Gasteiger partial charge in [0.25, 0.3) is 0 Å². The Morgan fingerprint density at radius 1 is 1.25 bits per heavy atom. The molecule has 6 nitrogen and oxygen atoms in total. The summed E-state index contributed by atoms with van der Waals surface area (Å²) in [7, 11) is 0. The Hall–Kier alpha value is -2.67. The fourth-order valence-corrected chi connectivity index (χ4v) is 2.50. The molecule has 0 radical (unpaired) electrons. The van der Waals surface area contributed by atoms with Crippen LogP contribution in [0.25, 0.3) is 11.6 Å². The fraction of sp³-hybridized carbons (Fsp3) is 0.235. The molecule has 0 bridgehead atoms. The van der Waals surface area contributed by atoms with Crippen LogP contribution in [0.15, 0.2) is 35.7 Å². The zero-order valence-electron chi connectivity index (χ0n) is 13.6. The van der Waals surface area contributed by atoms with Crippen molar-refractivity contribution in [3.05, 3.63) is 47.0 Å². The number of hydrogen-bond acceptors (Lipinski definition) is 5. The third-order valence-electron chi connectivity index (χ3n) is 2.73. The number of nitrogens with one attached hydrogen (secondary N) is 1. The van der Waals surface area contributed by atoms with Crippen molar-refractivity contribution in [1.29, 1.82) is 0 Å². The van der Waals surface area contributed by atoms with Crippen molar-refractivity contribution in [3.63, 3.8) is 0 Å². The normalized spacial score (nSPS) is 11.9. The molecule has 7 heteroatoms. The van der Waals surface area contributed by atoms with Crippen LogP contribution in [0.2, 0.25) is 0 Å². The lowest BCUT2D eigenvalue weighted by molar-refractivity contribution is -0.130. The fourth-order valence-electron chi connectivity index (χ4n) is 1.81. The standard InChI is InChI=1S/C17H18N2O4S/c1-17(2,3)23-16(22)19-15-18-13(10-24-15)12(14(20)21)9-11-7-5-4-6-8-11/h4-10H,1-3H3,(H,20,21)(H,18,19,22)/b12-9-. The topological polar surface area (TPSA) is 88.5 Å². The number of anilines is 1. The Morgan fingerprint density at radius 3 is 2.50 bits per heavy atom. The summed E-state index contributed by atoms with van der Waals surface area (Å²) in [5, 5.41) is 13.8. The molecule has 2 N–H and O–H groups in total. The Kier molecular flexibility index (Phi) is 5.35. The quantitative estimate of drug-likeness (QED) is 0.813. The molecule has 0 saturated heterocycles. The van der Waals surface area contributed by atoms with Crippen LogP contribution in [0, 0.1) is 0 Å². The van der Waals surface area contributed by atoms with Gasteiger partial charge < -0.3 is 9.84 Å². The molecule has 0 aliphatic heterocycles. The maximum atomic E-state index is 11.7. The van der Waals surface area contributed by atoms with Gasteiger partial charge in [-0.15, -0.1) is 11.3 Å². The Labute approximate surface area is 143 Å². The Morgan fingerprint density at radius 2 is 1.92 bits per heavy atom. The number of nitrogens with zero attached hydrogens (tertiary/aromatic N) is 1. The molecule has 1 aromatic heterocycles. The lowest BCUT2D eigenvalue weighted by Crippen LogP contribution is -2.27. The molecule has 0 unspecified atom stereocenters. The van der Waals surface area contributed by atoms with E-state index in [0.29, 0.717) is 0 Å². The number of carbonyl (C=O) groups is 2. The first kappa shape index (κ1) is 17.7. The van der Waals surface area contributed by atoms with Crippen molar-refractivity contribution in [1.82, 2.24) is 4.98 Å². The van der Waals surface area contributed by atoms with Gasteiger partial charge in [-0.05, 0) is 32.4 Å². The van der Waals surface area contributed by atoms with Crippen molar-refractivity contribution >= 4 is 40.2 Å². The van der Waals surface area contributed by atoms with Crippen molar-refractivity contribution < 1.29 is 19.4 Å². The number of aromatic nitrogens is 1. The number of aliphatic carboxylic acids is 1. The van der Waals surface area contributed by atoms with Crippen LogP contribution >= 0.6 is 11.3 Å². The van der Waals surface area contributed by atoms with E-state index in [9.17, 15) is 14.7 Å². The number of carbonyl (C=O) groups excluding carboxylic acids is 1. The van der Waals surface area contributed by atoms with E-state index in [1.807, 2.05) is 18.2 Å². The number of carboxylic acids is 1. The number of ether oxygens (including phenoxy) is 1. The summed E-state index contributed by atoms with van der Waals surface area (Å²) in [6, 6.07) is 9.09. The van der Waals surface area contributed by atoms with Crippen LogP contribution in [0.1, 0.15) is 32.0 Å². The van der Waals surface area contributed by atoms with Crippen LogP contribution in [-0.4, -0.2) is 27.8 Å². The van der Waals surface area contributed by atoms with E-state index in [0.717, 1.165) is 16.9 Å². The minimum atomic E-state index is -1.09. The number of rotatable bonds is 4. The van der Waals surface area contributed by atoms with E-state index < -0.39 is 17.7 Å². The van der Waals surface area contributed by atoms with E-state index in [2.05, 4.69) is 10.3 Å². The number of carboxylic acid groups (broad SMARTS) is 1. The third kappa shape index (κ3) is 5.20. The maximum Gasteiger partial charge on any atom is 0.413 e. The molecule has 0 atom stereocenters. The summed E-state index contributed by atoms with van der Waals surface area (Å²) in [6.07, 6.45) is 0.904. The number of amides is 1. The van der Waals surface area contributed by atoms with Gasteiger partial charge in [-0.1, -0.05) is 30.3 Å². The lowest BCUT2D eigenvalue weighted by atomic mass is 10.1. The first-order valence-electron chi connectivity index (χ1n) is 7.20. The van der Waals surface area contributed by atoms with E-state index >= 15 is 0 Å². The Bertz CT molecular complexity index is 760. The first-order chi connectivity index (χ1) is 11.2. The van der Waals surface area contributed by atoms with Crippen LogP contribution in [-0.2, 0) is 9.53 Å². The highest BCUT2D eigenvalue weighted by Crippen LogP contribution is 2.24. The van der Waals surface area contributed by atoms with Crippen molar-refractivity contribution in [2.75, 3.05) is 5.32 Å². The van der Waals surface area contributed by atoms with E-state index in [1.165, 1.54) is 6.08 Å². The smallest absolute Gasteiger partial charge is 0.413 e. The van der Waals surface area contributed by atoms with Gasteiger partial charge in [0.2, 0.25) is 0 Å². The number of hydrogen-bond donors (Lipinski definition) is 2. The highest BCUT2D eigenvalue weighted by molar-refractivity contribution is 7.14. The lowest BCUT2D eigenvalue weighted by Gasteiger charge is -2.18. The molecule has 0 fully saturated rings. The van der Waals surface area contributed by atoms with E-state index in [1.54, 1.807) is 38.3 Å². The SMILES string of the molecule is CC(C)(C)OC(=O)Nc1nc(/C(=C/c2ccccc2)C(=O)O)cs1. The van der Waals surface area contributed by atoms with E-state index in [-0.39, 0.29) is 16.4 Å². The van der Waals surface area contributed by atoms with Gasteiger partial charge in [0.05, 0.1) is 11.3 Å². The van der Waals surface area contributed by atoms with Crippen LogP contribution < -0.4 is 5.32 Å². The summed E-state index contributed by atoms with van der Waals surface area (Å²) in [6.45, 7) is 5.26. The molecular formula is C17H18N2O4S. The first-order valence-corrected chi connectivity index (χ1v) is 8.08. The highest BCUT2D eigenvalue weighted by Gasteiger charge is 2.19. The van der Waals surface area contributed by atoms with Crippen LogP contribution in [0.5, 0.6) is 0 Å². The number of benzene rings is 1. The zero-order valence-corrected chi connectivity index (χ0v) is 14.4. The molecule has 0 aliphatic rings. The summed E-state index contributed by atoms with van der Waals surface area (Å²) < 4.78 is 5.14. The highest BCUT2D eigenvalue weighted by atomic mass is 32.1. The van der Waals surface area contributed by atoms with Gasteiger partial charge in [-0.2, -0.15) is 0 Å². The molecule has 24 heavy (non-hydrogen) atoms. The predicted molar refractivity (Wildman–Crippen MR) is 93.9 cm³/mol. The molecule has 0 aliphatic carbocycles. The molecule has 126 valence electrons. The van der Waals surface area contributed by atoms with Gasteiger partial charge in [0.1, 0.15) is 5.60 Å². The molecule has 0 spiro atoms. The minimum Gasteiger partial charge on any atom is -0.478 e. The molecule has 1 amide bonds. The van der Waals surface area contributed by atoms with Crippen LogP contribution in [0.3, 0.4) is 0 Å². The second kappa shape index (κ2) is 7.27. The molecule has 1 aromatic carbocycles. The largest absolute Gasteiger partial charge is 0.478 e. The van der Waals surface area contributed by atoms with Crippen molar-refractivity contribution in [2.24, 2.45) is 0 Å². The van der Waals surface area contributed by atoms with Gasteiger partial charge in [0.15, 0.2) is 5.13 Å². The molecule has 2 aromatic rings. The van der Waals surface area contributed by atoms with Gasteiger partial charge in [-0.25, -0.2) is 14.6 Å². The van der Waals surface area contributed by atoms with Crippen molar-refractivity contribution in [2.45, 2.75) is 26.4 Å². The second-order valence-corrected chi connectivity index (χ2v) is 6.80. The number of thiazole rings is 1. The second-order valence-electron chi connectivity index (χ2n) is 5.94. The van der Waals surface area contributed by atoms with Crippen molar-refractivity contribution in [3.8, 4) is 0 Å². The summed E-state index contributed by atoms with van der Waals surface area (Å²) in [4.78, 5) is 27.4. The Balaban J connectivity index is 2.19. The minimum absolute atomic E-state index is 0.0506. The van der Waals surface area contributed by atoms with Gasteiger partial charge in [-0.3, -0.25) is 5.32 Å². The third-order valence-corrected chi connectivity index (χ3v) is 3.49. The van der Waals surface area contributed by atoms with Crippen LogP contribution in [0.4, 0.5) is 9.93 Å². The zero-order chi connectivity index (χ0) is 17.7. The summed E-state index contributed by atoms with van der Waals surface area (Å²) >= 11 is 1.13. The molecular weight excluding hydrogens is 328 g/mol. The van der Waals surface area contributed by atoms with Gasteiger partial charge >= 0.3 is 12.1 Å². The van der Waals surface area contributed by atoms with E-state index in [4.69, 9.17) is 4.74 Å². The molecule has 1 heterocycles. The summed E-state index contributed by atoms with van der Waals surface area (Å²) in [5.74, 6) is -1.09. The average Bonchev–Trinajstić information content (AvgIpc) is 2.91. The molecule has 2 rings (SSSR count). The maximum absolute atomic E-state index is 11.7. The monoisotopic (exact) mass is 346 g/mol. The average molecular weight is 346 g/mol. The molecule has 0 saturated carbocycles.